The summed E-state index contributed by atoms with van der Waals surface area (Å²) in [6, 6.07) is 7.41. The van der Waals surface area contributed by atoms with Gasteiger partial charge < -0.3 is 14.4 Å². The SMILES string of the molecule is CCS(=O)(=O)N1CCOC[C@H]2CN(C(=O)Cc3ccc(OC)cc3)CC[C@H]21. The van der Waals surface area contributed by atoms with Crippen LogP contribution in [0.4, 0.5) is 0 Å². The number of rotatable bonds is 5. The van der Waals surface area contributed by atoms with Crippen LogP contribution in [0.3, 0.4) is 0 Å². The average Bonchev–Trinajstić information content (AvgIpc) is 2.90. The quantitative estimate of drug-likeness (QED) is 0.746. The molecule has 0 spiro atoms. The highest BCUT2D eigenvalue weighted by Gasteiger charge is 2.40. The van der Waals surface area contributed by atoms with E-state index in [-0.39, 0.29) is 23.6 Å². The van der Waals surface area contributed by atoms with Gasteiger partial charge in [0.05, 0.1) is 32.5 Å². The lowest BCUT2D eigenvalue weighted by atomic mass is 9.92. The molecule has 0 bridgehead atoms. The number of piperidine rings is 1. The molecule has 0 aromatic heterocycles. The topological polar surface area (TPSA) is 76.2 Å². The average molecular weight is 397 g/mol. The zero-order chi connectivity index (χ0) is 19.4. The fraction of sp³-hybridized carbons (Fsp3) is 0.632. The summed E-state index contributed by atoms with van der Waals surface area (Å²) in [5.74, 6) is 0.936. The molecule has 2 fully saturated rings. The van der Waals surface area contributed by atoms with Crippen molar-refractivity contribution in [2.75, 3.05) is 45.7 Å². The molecule has 2 aliphatic rings. The molecule has 7 nitrogen and oxygen atoms in total. The van der Waals surface area contributed by atoms with Crippen LogP contribution in [-0.2, 0) is 26.0 Å². The summed E-state index contributed by atoms with van der Waals surface area (Å²) in [5, 5.41) is 0. The first-order valence-electron chi connectivity index (χ1n) is 9.42. The molecular weight excluding hydrogens is 368 g/mol. The van der Waals surface area contributed by atoms with Crippen molar-refractivity contribution in [3.05, 3.63) is 29.8 Å². The highest BCUT2D eigenvalue weighted by Crippen LogP contribution is 2.28. The first kappa shape index (κ1) is 20.1. The summed E-state index contributed by atoms with van der Waals surface area (Å²) in [6.45, 7) is 4.08. The number of fused-ring (bicyclic) bond motifs is 1. The number of sulfonamides is 1. The van der Waals surface area contributed by atoms with Crippen LogP contribution in [0.5, 0.6) is 5.75 Å². The molecule has 1 aromatic rings. The van der Waals surface area contributed by atoms with Gasteiger partial charge in [-0.2, -0.15) is 4.31 Å². The van der Waals surface area contributed by atoms with Crippen molar-refractivity contribution in [3.63, 3.8) is 0 Å². The Morgan fingerprint density at radius 2 is 2.00 bits per heavy atom. The monoisotopic (exact) mass is 396 g/mol. The third-order valence-corrected chi connectivity index (χ3v) is 7.34. The van der Waals surface area contributed by atoms with Crippen LogP contribution in [0.2, 0.25) is 0 Å². The Hall–Kier alpha value is -1.64. The van der Waals surface area contributed by atoms with Gasteiger partial charge >= 0.3 is 0 Å². The highest BCUT2D eigenvalue weighted by molar-refractivity contribution is 7.89. The second-order valence-electron chi connectivity index (χ2n) is 7.07. The summed E-state index contributed by atoms with van der Waals surface area (Å²) in [7, 11) is -1.66. The summed E-state index contributed by atoms with van der Waals surface area (Å²) < 4.78 is 37.3. The van der Waals surface area contributed by atoms with Crippen molar-refractivity contribution in [1.82, 2.24) is 9.21 Å². The number of hydrogen-bond acceptors (Lipinski definition) is 5. The van der Waals surface area contributed by atoms with Crippen molar-refractivity contribution in [2.45, 2.75) is 25.8 Å². The fourth-order valence-corrected chi connectivity index (χ4v) is 5.26. The number of methoxy groups -OCH3 is 1. The maximum absolute atomic E-state index is 12.7. The maximum atomic E-state index is 12.7. The standard InChI is InChI=1S/C19H28N2O5S/c1-3-27(23,24)21-10-11-26-14-16-13-20(9-8-18(16)21)19(22)12-15-4-6-17(25-2)7-5-15/h4-7,16,18H,3,8-14H2,1-2H3/t16-,18-/m1/s1. The number of nitrogens with zero attached hydrogens (tertiary/aromatic N) is 2. The van der Waals surface area contributed by atoms with Crippen LogP contribution in [0, 0.1) is 5.92 Å². The van der Waals surface area contributed by atoms with E-state index in [9.17, 15) is 13.2 Å². The summed E-state index contributed by atoms with van der Waals surface area (Å²) in [5.41, 5.74) is 0.940. The van der Waals surface area contributed by atoms with E-state index in [2.05, 4.69) is 0 Å². The number of carbonyl (C=O) groups excluding carboxylic acids is 1. The highest BCUT2D eigenvalue weighted by atomic mass is 32.2. The fourth-order valence-electron chi connectivity index (χ4n) is 3.89. The van der Waals surface area contributed by atoms with Crippen molar-refractivity contribution in [2.24, 2.45) is 5.92 Å². The second-order valence-corrected chi connectivity index (χ2v) is 9.28. The first-order valence-corrected chi connectivity index (χ1v) is 11.0. The minimum atomic E-state index is -3.27. The Labute approximate surface area is 161 Å². The molecule has 27 heavy (non-hydrogen) atoms. The van der Waals surface area contributed by atoms with E-state index in [0.717, 1.165) is 11.3 Å². The second kappa shape index (κ2) is 8.58. The molecule has 2 heterocycles. The lowest BCUT2D eigenvalue weighted by Crippen LogP contribution is -2.54. The van der Waals surface area contributed by atoms with Crippen molar-refractivity contribution in [1.29, 1.82) is 0 Å². The van der Waals surface area contributed by atoms with Gasteiger partial charge in [-0.05, 0) is 31.0 Å². The van der Waals surface area contributed by atoms with E-state index in [1.807, 2.05) is 29.2 Å². The Balaban J connectivity index is 1.66. The smallest absolute Gasteiger partial charge is 0.227 e. The first-order chi connectivity index (χ1) is 12.9. The van der Waals surface area contributed by atoms with Gasteiger partial charge in [-0.15, -0.1) is 0 Å². The molecule has 1 amide bonds. The minimum Gasteiger partial charge on any atom is -0.497 e. The number of carbonyl (C=O) groups is 1. The van der Waals surface area contributed by atoms with Gasteiger partial charge in [0.2, 0.25) is 15.9 Å². The number of ether oxygens (including phenoxy) is 2. The van der Waals surface area contributed by atoms with Gasteiger partial charge in [-0.25, -0.2) is 8.42 Å². The largest absolute Gasteiger partial charge is 0.497 e. The van der Waals surface area contributed by atoms with E-state index in [4.69, 9.17) is 9.47 Å². The predicted molar refractivity (Wildman–Crippen MR) is 102 cm³/mol. The molecule has 150 valence electrons. The van der Waals surface area contributed by atoms with Gasteiger partial charge in [0.1, 0.15) is 5.75 Å². The van der Waals surface area contributed by atoms with E-state index in [1.54, 1.807) is 18.3 Å². The van der Waals surface area contributed by atoms with Crippen LogP contribution in [0.15, 0.2) is 24.3 Å². The van der Waals surface area contributed by atoms with Gasteiger partial charge in [0, 0.05) is 31.6 Å². The molecule has 0 N–H and O–H groups in total. The lowest BCUT2D eigenvalue weighted by molar-refractivity contribution is -0.133. The third-order valence-electron chi connectivity index (χ3n) is 5.44. The molecule has 0 unspecified atom stereocenters. The molecule has 0 aliphatic carbocycles. The van der Waals surface area contributed by atoms with Crippen molar-refractivity contribution < 1.29 is 22.7 Å². The number of amides is 1. The Kier molecular flexibility index (Phi) is 6.39. The van der Waals surface area contributed by atoms with Gasteiger partial charge in [-0.1, -0.05) is 12.1 Å². The van der Waals surface area contributed by atoms with E-state index < -0.39 is 10.0 Å². The zero-order valence-corrected chi connectivity index (χ0v) is 16.8. The Morgan fingerprint density at radius 1 is 1.26 bits per heavy atom. The predicted octanol–water partition coefficient (Wildman–Crippen LogP) is 1.14. The van der Waals surface area contributed by atoms with E-state index in [1.165, 1.54) is 0 Å². The summed E-state index contributed by atoms with van der Waals surface area (Å²) >= 11 is 0. The minimum absolute atomic E-state index is 0.0161. The zero-order valence-electron chi connectivity index (χ0n) is 16.0. The molecule has 2 aliphatic heterocycles. The van der Waals surface area contributed by atoms with Crippen LogP contribution >= 0.6 is 0 Å². The third kappa shape index (κ3) is 4.62. The summed E-state index contributed by atoms with van der Waals surface area (Å²) in [6.07, 6.45) is 0.987. The Morgan fingerprint density at radius 3 is 2.67 bits per heavy atom. The molecule has 3 rings (SSSR count). The molecule has 2 saturated heterocycles. The Bertz CT molecular complexity index is 750. The van der Waals surface area contributed by atoms with Gasteiger partial charge in [0.15, 0.2) is 0 Å². The van der Waals surface area contributed by atoms with Gasteiger partial charge in [-0.3, -0.25) is 4.79 Å². The molecule has 0 radical (unpaired) electrons. The molecule has 8 heteroatoms. The molecule has 1 aromatic carbocycles. The van der Waals surface area contributed by atoms with E-state index in [0.29, 0.717) is 45.7 Å². The van der Waals surface area contributed by atoms with Crippen LogP contribution in [-0.4, -0.2) is 75.3 Å². The van der Waals surface area contributed by atoms with Crippen LogP contribution < -0.4 is 4.74 Å². The maximum Gasteiger partial charge on any atom is 0.227 e. The normalized spacial score (nSPS) is 24.1. The van der Waals surface area contributed by atoms with Crippen molar-refractivity contribution in [3.8, 4) is 5.75 Å². The molecule has 2 atom stereocenters. The lowest BCUT2D eigenvalue weighted by Gasteiger charge is -2.41. The number of benzene rings is 1. The van der Waals surface area contributed by atoms with Crippen molar-refractivity contribution >= 4 is 15.9 Å². The van der Waals surface area contributed by atoms with Crippen LogP contribution in [0.1, 0.15) is 18.9 Å². The molecule has 0 saturated carbocycles. The summed E-state index contributed by atoms with van der Waals surface area (Å²) in [4.78, 5) is 14.6. The molecular formula is C19H28N2O5S. The number of likely N-dealkylation sites (tertiary alicyclic amines) is 1. The number of hydrogen-bond donors (Lipinski definition) is 0. The van der Waals surface area contributed by atoms with E-state index >= 15 is 0 Å². The van der Waals surface area contributed by atoms with Crippen LogP contribution in [0.25, 0.3) is 0 Å². The van der Waals surface area contributed by atoms with Gasteiger partial charge in [0.25, 0.3) is 0 Å².